The van der Waals surface area contributed by atoms with Crippen LogP contribution >= 0.6 is 11.3 Å². The van der Waals surface area contributed by atoms with Crippen LogP contribution in [-0.2, 0) is 0 Å². The van der Waals surface area contributed by atoms with Crippen LogP contribution in [0.4, 0.5) is 0 Å². The molecule has 1 N–H and O–H groups in total. The van der Waals surface area contributed by atoms with Crippen LogP contribution in [-0.4, -0.2) is 23.2 Å². The molecule has 0 bridgehead atoms. The zero-order chi connectivity index (χ0) is 10.3. The molecule has 0 atom stereocenters. The van der Waals surface area contributed by atoms with Gasteiger partial charge in [0.15, 0.2) is 0 Å². The van der Waals surface area contributed by atoms with Gasteiger partial charge in [0.1, 0.15) is 0 Å². The van der Waals surface area contributed by atoms with E-state index in [1.165, 1.54) is 5.56 Å². The summed E-state index contributed by atoms with van der Waals surface area (Å²) < 4.78 is 5.25. The molecule has 2 aromatic rings. The Hall–Kier alpha value is -1.20. The molecule has 15 heavy (non-hydrogen) atoms. The van der Waals surface area contributed by atoms with Crippen LogP contribution in [0.2, 0.25) is 0 Å². The number of nitrogens with zero attached hydrogens (tertiary/aromatic N) is 2. The van der Waals surface area contributed by atoms with E-state index < -0.39 is 0 Å². The number of rotatable bonds is 2. The first-order valence-electron chi connectivity index (χ1n) is 4.92. The Labute approximate surface area is 91.3 Å². The van der Waals surface area contributed by atoms with Crippen molar-refractivity contribution in [2.45, 2.75) is 12.8 Å². The molecule has 3 rings (SSSR count). The third kappa shape index (κ3) is 1.48. The number of thiophene rings is 1. The Kier molecular flexibility index (Phi) is 2.07. The molecule has 0 aromatic carbocycles. The summed E-state index contributed by atoms with van der Waals surface area (Å²) in [6.07, 6.45) is 0. The third-order valence-electron chi connectivity index (χ3n) is 2.67. The SMILES string of the molecule is Cc1cscc1-c1noc(C2CNC2)n1. The summed E-state index contributed by atoms with van der Waals surface area (Å²) in [5.41, 5.74) is 2.29. The molecule has 3 heterocycles. The fraction of sp³-hybridized carbons (Fsp3) is 0.400. The number of nitrogens with one attached hydrogen (secondary N) is 1. The van der Waals surface area contributed by atoms with Crippen molar-refractivity contribution in [1.29, 1.82) is 0 Å². The molecule has 0 radical (unpaired) electrons. The topological polar surface area (TPSA) is 51.0 Å². The predicted octanol–water partition coefficient (Wildman–Crippen LogP) is 1.79. The lowest BCUT2D eigenvalue weighted by Gasteiger charge is -2.22. The first kappa shape index (κ1) is 9.06. The van der Waals surface area contributed by atoms with Gasteiger partial charge in [-0.05, 0) is 17.9 Å². The van der Waals surface area contributed by atoms with Gasteiger partial charge in [0, 0.05) is 24.0 Å². The molecule has 0 amide bonds. The molecule has 1 fully saturated rings. The van der Waals surface area contributed by atoms with Crippen molar-refractivity contribution in [1.82, 2.24) is 15.5 Å². The summed E-state index contributed by atoms with van der Waals surface area (Å²) in [6, 6.07) is 0. The third-order valence-corrected chi connectivity index (χ3v) is 3.53. The molecule has 2 aromatic heterocycles. The smallest absolute Gasteiger partial charge is 0.232 e. The van der Waals surface area contributed by atoms with Gasteiger partial charge in [-0.3, -0.25) is 0 Å². The quantitative estimate of drug-likeness (QED) is 0.840. The highest BCUT2D eigenvalue weighted by molar-refractivity contribution is 7.08. The minimum absolute atomic E-state index is 0.408. The molecule has 0 unspecified atom stereocenters. The van der Waals surface area contributed by atoms with Gasteiger partial charge in [-0.25, -0.2) is 0 Å². The second-order valence-corrected chi connectivity index (χ2v) is 4.52. The monoisotopic (exact) mass is 221 g/mol. The molecule has 0 aliphatic carbocycles. The maximum atomic E-state index is 5.25. The predicted molar refractivity (Wildman–Crippen MR) is 58.0 cm³/mol. The summed E-state index contributed by atoms with van der Waals surface area (Å²) in [4.78, 5) is 4.42. The van der Waals surface area contributed by atoms with E-state index in [-0.39, 0.29) is 0 Å². The molecule has 5 heteroatoms. The Morgan fingerprint density at radius 3 is 2.93 bits per heavy atom. The molecular formula is C10H11N3OS. The Morgan fingerprint density at radius 1 is 1.47 bits per heavy atom. The van der Waals surface area contributed by atoms with E-state index >= 15 is 0 Å². The van der Waals surface area contributed by atoms with E-state index in [9.17, 15) is 0 Å². The zero-order valence-corrected chi connectivity index (χ0v) is 9.17. The molecule has 0 spiro atoms. The molecule has 1 saturated heterocycles. The lowest BCUT2D eigenvalue weighted by Crippen LogP contribution is -2.40. The first-order chi connectivity index (χ1) is 7.34. The van der Waals surface area contributed by atoms with Gasteiger partial charge in [-0.2, -0.15) is 16.3 Å². The number of hydrogen-bond donors (Lipinski definition) is 1. The van der Waals surface area contributed by atoms with E-state index in [1.54, 1.807) is 11.3 Å². The van der Waals surface area contributed by atoms with Crippen LogP contribution in [0.1, 0.15) is 17.4 Å². The second-order valence-electron chi connectivity index (χ2n) is 3.78. The van der Waals surface area contributed by atoms with Crippen molar-refractivity contribution < 1.29 is 4.52 Å². The summed E-state index contributed by atoms with van der Waals surface area (Å²) in [6.45, 7) is 3.96. The van der Waals surface area contributed by atoms with Crippen LogP contribution < -0.4 is 5.32 Å². The summed E-state index contributed by atoms with van der Waals surface area (Å²) in [5.74, 6) is 1.88. The lowest BCUT2D eigenvalue weighted by molar-refractivity contribution is 0.308. The summed E-state index contributed by atoms with van der Waals surface area (Å²) >= 11 is 1.66. The van der Waals surface area contributed by atoms with E-state index in [4.69, 9.17) is 4.52 Å². The van der Waals surface area contributed by atoms with Crippen molar-refractivity contribution in [3.63, 3.8) is 0 Å². The molecule has 1 aliphatic heterocycles. The molecule has 78 valence electrons. The van der Waals surface area contributed by atoms with Gasteiger partial charge >= 0.3 is 0 Å². The second kappa shape index (κ2) is 3.43. The van der Waals surface area contributed by atoms with Gasteiger partial charge in [0.2, 0.25) is 11.7 Å². The number of aryl methyl sites for hydroxylation is 1. The standard InChI is InChI=1S/C10H11N3OS/c1-6-4-15-5-8(6)9-12-10(14-13-9)7-2-11-3-7/h4-5,7,11H,2-3H2,1H3. The first-order valence-corrected chi connectivity index (χ1v) is 5.86. The number of hydrogen-bond acceptors (Lipinski definition) is 5. The van der Waals surface area contributed by atoms with Crippen LogP contribution in [0, 0.1) is 6.92 Å². The molecular weight excluding hydrogens is 210 g/mol. The molecule has 1 aliphatic rings. The fourth-order valence-corrected chi connectivity index (χ4v) is 2.39. The number of aromatic nitrogens is 2. The average molecular weight is 221 g/mol. The summed E-state index contributed by atoms with van der Waals surface area (Å²) in [5, 5.41) is 11.4. The van der Waals surface area contributed by atoms with Crippen molar-refractivity contribution in [2.75, 3.05) is 13.1 Å². The van der Waals surface area contributed by atoms with Crippen LogP contribution in [0.3, 0.4) is 0 Å². The van der Waals surface area contributed by atoms with Gasteiger partial charge in [-0.1, -0.05) is 5.16 Å². The zero-order valence-electron chi connectivity index (χ0n) is 8.36. The highest BCUT2D eigenvalue weighted by Crippen LogP contribution is 2.26. The maximum absolute atomic E-state index is 5.25. The van der Waals surface area contributed by atoms with Crippen molar-refractivity contribution in [2.24, 2.45) is 0 Å². The van der Waals surface area contributed by atoms with E-state index in [0.717, 1.165) is 30.4 Å². The Bertz CT molecular complexity index is 472. The van der Waals surface area contributed by atoms with E-state index in [2.05, 4.69) is 33.1 Å². The van der Waals surface area contributed by atoms with Crippen molar-refractivity contribution in [3.05, 3.63) is 22.2 Å². The largest absolute Gasteiger partial charge is 0.339 e. The van der Waals surface area contributed by atoms with Gasteiger partial charge in [-0.15, -0.1) is 0 Å². The minimum Gasteiger partial charge on any atom is -0.339 e. The van der Waals surface area contributed by atoms with Crippen LogP contribution in [0.5, 0.6) is 0 Å². The average Bonchev–Trinajstić information content (AvgIpc) is 2.70. The van der Waals surface area contributed by atoms with Crippen LogP contribution in [0.15, 0.2) is 15.3 Å². The van der Waals surface area contributed by atoms with Crippen molar-refractivity contribution >= 4 is 11.3 Å². The highest BCUT2D eigenvalue weighted by Gasteiger charge is 2.25. The fourth-order valence-electron chi connectivity index (χ4n) is 1.56. The van der Waals surface area contributed by atoms with E-state index in [0.29, 0.717) is 5.92 Å². The maximum Gasteiger partial charge on any atom is 0.232 e. The van der Waals surface area contributed by atoms with Gasteiger partial charge in [0.25, 0.3) is 0 Å². The van der Waals surface area contributed by atoms with Gasteiger partial charge in [0.05, 0.1) is 5.92 Å². The van der Waals surface area contributed by atoms with E-state index in [1.807, 2.05) is 0 Å². The summed E-state index contributed by atoms with van der Waals surface area (Å²) in [7, 11) is 0. The normalized spacial score (nSPS) is 16.6. The molecule has 4 nitrogen and oxygen atoms in total. The van der Waals surface area contributed by atoms with Crippen molar-refractivity contribution in [3.8, 4) is 11.4 Å². The minimum atomic E-state index is 0.408. The highest BCUT2D eigenvalue weighted by atomic mass is 32.1. The van der Waals surface area contributed by atoms with Crippen LogP contribution in [0.25, 0.3) is 11.4 Å². The molecule has 0 saturated carbocycles. The van der Waals surface area contributed by atoms with Gasteiger partial charge < -0.3 is 9.84 Å². The Balaban J connectivity index is 1.93. The lowest BCUT2D eigenvalue weighted by atomic mass is 10.0. The Morgan fingerprint density at radius 2 is 2.33 bits per heavy atom.